The molecule has 2 unspecified atom stereocenters. The molecule has 2 aliphatic rings. The Labute approximate surface area is 252 Å². The van der Waals surface area contributed by atoms with Crippen molar-refractivity contribution in [2.24, 2.45) is 5.73 Å². The summed E-state index contributed by atoms with van der Waals surface area (Å²) >= 11 is 0. The van der Waals surface area contributed by atoms with Gasteiger partial charge < -0.3 is 21.3 Å². The SMILES string of the molecule is CC(C)(C)c1ccc(CCCN2CCCC(N)CC2)c(CC(C)(C)c2ccc(CCNC3CCCNCC3)cc2)c1. The second-order valence-corrected chi connectivity index (χ2v) is 14.7. The number of nitrogens with zero attached hydrogens (tertiary/aromatic N) is 1. The molecule has 4 rings (SSSR count). The lowest BCUT2D eigenvalue weighted by Gasteiger charge is -2.29. The summed E-state index contributed by atoms with van der Waals surface area (Å²) in [6.07, 6.45) is 12.0. The molecule has 0 bridgehead atoms. The first-order valence-corrected chi connectivity index (χ1v) is 16.7. The first kappa shape index (κ1) is 32.2. The molecule has 2 fully saturated rings. The van der Waals surface area contributed by atoms with E-state index < -0.39 is 0 Å². The Morgan fingerprint density at radius 2 is 1.61 bits per heavy atom. The van der Waals surface area contributed by atoms with Gasteiger partial charge in [-0.05, 0) is 142 Å². The lowest BCUT2D eigenvalue weighted by molar-refractivity contribution is 0.280. The highest BCUT2D eigenvalue weighted by atomic mass is 15.1. The van der Waals surface area contributed by atoms with Gasteiger partial charge in [0.05, 0.1) is 0 Å². The Kier molecular flexibility index (Phi) is 11.9. The van der Waals surface area contributed by atoms with Gasteiger partial charge in [-0.25, -0.2) is 0 Å². The largest absolute Gasteiger partial charge is 0.328 e. The van der Waals surface area contributed by atoms with Crippen LogP contribution in [0.4, 0.5) is 0 Å². The van der Waals surface area contributed by atoms with Crippen molar-refractivity contribution in [3.8, 4) is 0 Å². The van der Waals surface area contributed by atoms with Crippen molar-refractivity contribution in [2.75, 3.05) is 39.3 Å². The summed E-state index contributed by atoms with van der Waals surface area (Å²) in [4.78, 5) is 2.64. The molecule has 2 aliphatic heterocycles. The molecule has 0 aliphatic carbocycles. The van der Waals surface area contributed by atoms with Crippen LogP contribution in [0.5, 0.6) is 0 Å². The van der Waals surface area contributed by atoms with Crippen molar-refractivity contribution >= 4 is 0 Å². The Morgan fingerprint density at radius 3 is 2.39 bits per heavy atom. The smallest absolute Gasteiger partial charge is 0.00797 e. The predicted octanol–water partition coefficient (Wildman–Crippen LogP) is 6.52. The van der Waals surface area contributed by atoms with Gasteiger partial charge in [0.2, 0.25) is 0 Å². The molecule has 0 aromatic heterocycles. The van der Waals surface area contributed by atoms with Crippen molar-refractivity contribution in [3.05, 3.63) is 70.3 Å². The van der Waals surface area contributed by atoms with Crippen LogP contribution in [0.3, 0.4) is 0 Å². The summed E-state index contributed by atoms with van der Waals surface area (Å²) in [6.45, 7) is 18.8. The maximum absolute atomic E-state index is 6.22. The van der Waals surface area contributed by atoms with Gasteiger partial charge in [-0.3, -0.25) is 0 Å². The molecule has 4 heteroatoms. The van der Waals surface area contributed by atoms with E-state index >= 15 is 0 Å². The Morgan fingerprint density at radius 1 is 0.829 bits per heavy atom. The van der Waals surface area contributed by atoms with Gasteiger partial charge in [0.15, 0.2) is 0 Å². The molecule has 0 spiro atoms. The molecule has 228 valence electrons. The number of nitrogens with one attached hydrogen (secondary N) is 2. The molecule has 2 atom stereocenters. The minimum Gasteiger partial charge on any atom is -0.328 e. The fourth-order valence-corrected chi connectivity index (χ4v) is 6.74. The number of aryl methyl sites for hydroxylation is 1. The molecule has 2 heterocycles. The third kappa shape index (κ3) is 10.2. The number of hydrogen-bond acceptors (Lipinski definition) is 4. The zero-order valence-corrected chi connectivity index (χ0v) is 27.0. The number of hydrogen-bond donors (Lipinski definition) is 3. The lowest BCUT2D eigenvalue weighted by atomic mass is 9.76. The topological polar surface area (TPSA) is 53.3 Å². The van der Waals surface area contributed by atoms with E-state index in [1.165, 1.54) is 86.0 Å². The molecule has 41 heavy (non-hydrogen) atoms. The normalized spacial score (nSPS) is 21.4. The predicted molar refractivity (Wildman–Crippen MR) is 177 cm³/mol. The third-order valence-corrected chi connectivity index (χ3v) is 9.65. The highest BCUT2D eigenvalue weighted by Gasteiger charge is 2.24. The standard InChI is InChI=1S/C37H60N4/c1-36(2,3)33-17-14-30(9-7-24-41-25-8-10-34(38)20-26-41)31(27-33)28-37(4,5)32-15-12-29(13-16-32)18-23-40-35-11-6-21-39-22-19-35/h12-17,27,34-35,39-40H,6-11,18-26,28,38H2,1-5H3. The summed E-state index contributed by atoms with van der Waals surface area (Å²) in [5, 5.41) is 7.32. The van der Waals surface area contributed by atoms with Crippen molar-refractivity contribution < 1.29 is 0 Å². The summed E-state index contributed by atoms with van der Waals surface area (Å²) in [5.74, 6) is 0. The fourth-order valence-electron chi connectivity index (χ4n) is 6.74. The molecule has 0 radical (unpaired) electrons. The molecular formula is C37H60N4. The Hall–Kier alpha value is -1.72. The molecule has 0 amide bonds. The third-order valence-electron chi connectivity index (χ3n) is 9.65. The lowest BCUT2D eigenvalue weighted by Crippen LogP contribution is -2.31. The van der Waals surface area contributed by atoms with Crippen LogP contribution in [0.2, 0.25) is 0 Å². The van der Waals surface area contributed by atoms with Gasteiger partial charge in [0, 0.05) is 12.1 Å². The number of likely N-dealkylation sites (tertiary alicyclic amines) is 1. The first-order chi connectivity index (χ1) is 19.6. The van der Waals surface area contributed by atoms with E-state index in [-0.39, 0.29) is 10.8 Å². The maximum atomic E-state index is 6.22. The molecule has 4 nitrogen and oxygen atoms in total. The van der Waals surface area contributed by atoms with E-state index in [0.717, 1.165) is 45.3 Å². The Bertz CT molecular complexity index is 1040. The van der Waals surface area contributed by atoms with Gasteiger partial charge in [-0.15, -0.1) is 0 Å². The zero-order valence-electron chi connectivity index (χ0n) is 27.0. The van der Waals surface area contributed by atoms with Crippen LogP contribution in [-0.4, -0.2) is 56.3 Å². The number of nitrogens with two attached hydrogens (primary N) is 1. The van der Waals surface area contributed by atoms with Crippen LogP contribution in [0.1, 0.15) is 107 Å². The van der Waals surface area contributed by atoms with E-state index in [1.807, 2.05) is 0 Å². The van der Waals surface area contributed by atoms with E-state index in [4.69, 9.17) is 5.73 Å². The monoisotopic (exact) mass is 560 g/mol. The van der Waals surface area contributed by atoms with Crippen LogP contribution in [0.15, 0.2) is 42.5 Å². The van der Waals surface area contributed by atoms with Gasteiger partial charge in [-0.1, -0.05) is 77.1 Å². The quantitative estimate of drug-likeness (QED) is 0.293. The van der Waals surface area contributed by atoms with Crippen LogP contribution in [0, 0.1) is 0 Å². The van der Waals surface area contributed by atoms with Crippen LogP contribution in [0.25, 0.3) is 0 Å². The van der Waals surface area contributed by atoms with Crippen LogP contribution < -0.4 is 16.4 Å². The highest BCUT2D eigenvalue weighted by molar-refractivity contribution is 5.39. The van der Waals surface area contributed by atoms with E-state index in [9.17, 15) is 0 Å². The van der Waals surface area contributed by atoms with Gasteiger partial charge >= 0.3 is 0 Å². The van der Waals surface area contributed by atoms with Gasteiger partial charge in [0.25, 0.3) is 0 Å². The minimum atomic E-state index is 0.0797. The molecular weight excluding hydrogens is 500 g/mol. The molecule has 2 aromatic rings. The summed E-state index contributed by atoms with van der Waals surface area (Å²) in [6, 6.07) is 17.9. The van der Waals surface area contributed by atoms with Crippen molar-refractivity contribution in [1.82, 2.24) is 15.5 Å². The molecule has 2 aromatic carbocycles. The molecule has 4 N–H and O–H groups in total. The second kappa shape index (κ2) is 15.1. The average molecular weight is 561 g/mol. The minimum absolute atomic E-state index is 0.0797. The maximum Gasteiger partial charge on any atom is 0.00797 e. The zero-order chi connectivity index (χ0) is 29.3. The van der Waals surface area contributed by atoms with E-state index in [0.29, 0.717) is 12.1 Å². The summed E-state index contributed by atoms with van der Waals surface area (Å²) in [5.41, 5.74) is 13.9. The average Bonchev–Trinajstić information content (AvgIpc) is 3.32. The number of rotatable bonds is 11. The number of benzene rings is 2. The van der Waals surface area contributed by atoms with Crippen molar-refractivity contribution in [1.29, 1.82) is 0 Å². The van der Waals surface area contributed by atoms with Gasteiger partial charge in [-0.2, -0.15) is 0 Å². The fraction of sp³-hybridized carbons (Fsp3) is 0.676. The summed E-state index contributed by atoms with van der Waals surface area (Å²) < 4.78 is 0. The molecule has 0 saturated carbocycles. The van der Waals surface area contributed by atoms with Crippen LogP contribution >= 0.6 is 0 Å². The van der Waals surface area contributed by atoms with E-state index in [1.54, 1.807) is 0 Å². The van der Waals surface area contributed by atoms with Crippen LogP contribution in [-0.2, 0) is 30.1 Å². The van der Waals surface area contributed by atoms with Crippen molar-refractivity contribution in [3.63, 3.8) is 0 Å². The second-order valence-electron chi connectivity index (χ2n) is 14.7. The Balaban J connectivity index is 1.38. The van der Waals surface area contributed by atoms with E-state index in [2.05, 4.69) is 92.6 Å². The van der Waals surface area contributed by atoms with Crippen molar-refractivity contribution in [2.45, 2.75) is 122 Å². The first-order valence-electron chi connectivity index (χ1n) is 16.7. The van der Waals surface area contributed by atoms with Gasteiger partial charge in [0.1, 0.15) is 0 Å². The highest BCUT2D eigenvalue weighted by Crippen LogP contribution is 2.32. The summed E-state index contributed by atoms with van der Waals surface area (Å²) in [7, 11) is 0. The molecule has 2 saturated heterocycles.